The van der Waals surface area contributed by atoms with Gasteiger partial charge in [0.2, 0.25) is 17.7 Å². The highest BCUT2D eigenvalue weighted by Crippen LogP contribution is 2.18. The van der Waals surface area contributed by atoms with Crippen molar-refractivity contribution in [2.45, 2.75) is 70.8 Å². The summed E-state index contributed by atoms with van der Waals surface area (Å²) in [7, 11) is 0. The molecule has 1 fully saturated rings. The quantitative estimate of drug-likeness (QED) is 0.855. The summed E-state index contributed by atoms with van der Waals surface area (Å²) in [6.45, 7) is 6.76. The number of nitrogens with one attached hydrogen (secondary N) is 2. The molecule has 1 aromatic heterocycles. The monoisotopic (exact) mass is 322 g/mol. The van der Waals surface area contributed by atoms with Gasteiger partial charge in [0.25, 0.3) is 0 Å². The SMILES string of the molecule is CC(C)(C)c1noc(CCCC(=O)N[C@@H]2CCCCNC2=O)n1. The van der Waals surface area contributed by atoms with Crippen molar-refractivity contribution in [1.29, 1.82) is 0 Å². The molecule has 2 N–H and O–H groups in total. The smallest absolute Gasteiger partial charge is 0.242 e. The normalized spacial score (nSPS) is 19.1. The molecule has 0 unspecified atom stereocenters. The molecule has 7 heteroatoms. The Morgan fingerprint density at radius 3 is 2.87 bits per heavy atom. The molecule has 1 atom stereocenters. The van der Waals surface area contributed by atoms with E-state index in [1.807, 2.05) is 20.8 Å². The highest BCUT2D eigenvalue weighted by molar-refractivity contribution is 5.87. The molecule has 7 nitrogen and oxygen atoms in total. The molecular formula is C16H26N4O3. The van der Waals surface area contributed by atoms with Crippen LogP contribution in [0.25, 0.3) is 0 Å². The van der Waals surface area contributed by atoms with E-state index in [9.17, 15) is 9.59 Å². The van der Waals surface area contributed by atoms with Crippen molar-refractivity contribution in [3.05, 3.63) is 11.7 Å². The Bertz CT molecular complexity index is 548. The summed E-state index contributed by atoms with van der Waals surface area (Å²) in [6, 6.07) is -0.402. The van der Waals surface area contributed by atoms with Crippen molar-refractivity contribution in [1.82, 2.24) is 20.8 Å². The molecule has 0 radical (unpaired) electrons. The van der Waals surface area contributed by atoms with E-state index in [-0.39, 0.29) is 17.2 Å². The first-order chi connectivity index (χ1) is 10.9. The van der Waals surface area contributed by atoms with E-state index in [2.05, 4.69) is 20.8 Å². The second-order valence-corrected chi connectivity index (χ2v) is 7.02. The third-order valence-electron chi connectivity index (χ3n) is 3.80. The Hall–Kier alpha value is -1.92. The molecule has 1 aliphatic rings. The number of aromatic nitrogens is 2. The zero-order valence-corrected chi connectivity index (χ0v) is 14.1. The average Bonchev–Trinajstić information content (AvgIpc) is 2.86. The van der Waals surface area contributed by atoms with Gasteiger partial charge < -0.3 is 15.2 Å². The van der Waals surface area contributed by atoms with Crippen LogP contribution >= 0.6 is 0 Å². The van der Waals surface area contributed by atoms with Crippen LogP contribution in [0.2, 0.25) is 0 Å². The van der Waals surface area contributed by atoms with Crippen LogP contribution in [0.5, 0.6) is 0 Å². The van der Waals surface area contributed by atoms with Crippen molar-refractivity contribution in [3.63, 3.8) is 0 Å². The summed E-state index contributed by atoms with van der Waals surface area (Å²) in [5, 5.41) is 9.58. The van der Waals surface area contributed by atoms with Gasteiger partial charge in [-0.2, -0.15) is 4.98 Å². The van der Waals surface area contributed by atoms with Crippen LogP contribution in [0, 0.1) is 0 Å². The lowest BCUT2D eigenvalue weighted by Gasteiger charge is -2.14. The van der Waals surface area contributed by atoms with Crippen LogP contribution in [0.15, 0.2) is 4.52 Å². The number of amides is 2. The number of rotatable bonds is 5. The molecule has 2 amide bonds. The lowest BCUT2D eigenvalue weighted by molar-refractivity contribution is -0.128. The molecule has 2 heterocycles. The summed E-state index contributed by atoms with van der Waals surface area (Å²) in [4.78, 5) is 28.1. The summed E-state index contributed by atoms with van der Waals surface area (Å²) in [5.74, 6) is 1.03. The van der Waals surface area contributed by atoms with Crippen molar-refractivity contribution >= 4 is 11.8 Å². The van der Waals surface area contributed by atoms with Gasteiger partial charge in [0, 0.05) is 24.8 Å². The zero-order valence-electron chi connectivity index (χ0n) is 14.1. The van der Waals surface area contributed by atoms with Gasteiger partial charge in [-0.3, -0.25) is 9.59 Å². The largest absolute Gasteiger partial charge is 0.354 e. The standard InChI is InChI=1S/C16H26N4O3/c1-16(2,3)15-19-13(23-20-15)9-6-8-12(21)18-11-7-4-5-10-17-14(11)22/h11H,4-10H2,1-3H3,(H,17,22)(H,18,21)/t11-/m1/s1. The molecule has 1 saturated heterocycles. The van der Waals surface area contributed by atoms with E-state index >= 15 is 0 Å². The molecular weight excluding hydrogens is 296 g/mol. The first-order valence-corrected chi connectivity index (χ1v) is 8.26. The molecule has 23 heavy (non-hydrogen) atoms. The first kappa shape index (κ1) is 17.4. The molecule has 0 bridgehead atoms. The second kappa shape index (κ2) is 7.57. The number of carbonyl (C=O) groups excluding carboxylic acids is 2. The van der Waals surface area contributed by atoms with E-state index < -0.39 is 6.04 Å². The van der Waals surface area contributed by atoms with Crippen molar-refractivity contribution in [2.24, 2.45) is 0 Å². The molecule has 2 rings (SSSR count). The highest BCUT2D eigenvalue weighted by Gasteiger charge is 2.23. The number of nitrogens with zero attached hydrogens (tertiary/aromatic N) is 2. The molecule has 1 aliphatic heterocycles. The third-order valence-corrected chi connectivity index (χ3v) is 3.80. The Balaban J connectivity index is 1.74. The Kier molecular flexibility index (Phi) is 5.74. The molecule has 128 valence electrons. The summed E-state index contributed by atoms with van der Waals surface area (Å²) < 4.78 is 5.20. The Labute approximate surface area is 136 Å². The zero-order chi connectivity index (χ0) is 16.9. The second-order valence-electron chi connectivity index (χ2n) is 7.02. The average molecular weight is 322 g/mol. The highest BCUT2D eigenvalue weighted by atomic mass is 16.5. The maximum atomic E-state index is 12.0. The van der Waals surface area contributed by atoms with Crippen LogP contribution in [0.4, 0.5) is 0 Å². The third kappa shape index (κ3) is 5.33. The van der Waals surface area contributed by atoms with Crippen molar-refractivity contribution in [2.75, 3.05) is 6.54 Å². The van der Waals surface area contributed by atoms with E-state index in [4.69, 9.17) is 4.52 Å². The molecule has 0 aliphatic carbocycles. The Morgan fingerprint density at radius 1 is 1.39 bits per heavy atom. The van der Waals surface area contributed by atoms with E-state index in [1.165, 1.54) is 0 Å². The van der Waals surface area contributed by atoms with Crippen LogP contribution < -0.4 is 10.6 Å². The number of aryl methyl sites for hydroxylation is 1. The van der Waals surface area contributed by atoms with E-state index in [1.54, 1.807) is 0 Å². The molecule has 0 aromatic carbocycles. The van der Waals surface area contributed by atoms with Crippen molar-refractivity contribution < 1.29 is 14.1 Å². The summed E-state index contributed by atoms with van der Waals surface area (Å²) in [5.41, 5.74) is -0.147. The summed E-state index contributed by atoms with van der Waals surface area (Å²) in [6.07, 6.45) is 4.14. The van der Waals surface area contributed by atoms with Crippen LogP contribution in [0.1, 0.15) is 64.6 Å². The van der Waals surface area contributed by atoms with Crippen LogP contribution in [0.3, 0.4) is 0 Å². The van der Waals surface area contributed by atoms with Gasteiger partial charge in [-0.05, 0) is 25.7 Å². The molecule has 0 saturated carbocycles. The minimum atomic E-state index is -0.402. The van der Waals surface area contributed by atoms with Gasteiger partial charge >= 0.3 is 0 Å². The van der Waals surface area contributed by atoms with Gasteiger partial charge in [0.1, 0.15) is 6.04 Å². The fraction of sp³-hybridized carbons (Fsp3) is 0.750. The van der Waals surface area contributed by atoms with Crippen molar-refractivity contribution in [3.8, 4) is 0 Å². The minimum Gasteiger partial charge on any atom is -0.354 e. The maximum Gasteiger partial charge on any atom is 0.242 e. The van der Waals surface area contributed by atoms with E-state index in [0.29, 0.717) is 43.9 Å². The van der Waals surface area contributed by atoms with Gasteiger partial charge in [-0.1, -0.05) is 25.9 Å². The van der Waals surface area contributed by atoms with E-state index in [0.717, 1.165) is 12.8 Å². The fourth-order valence-electron chi connectivity index (χ4n) is 2.40. The topological polar surface area (TPSA) is 97.1 Å². The maximum absolute atomic E-state index is 12.0. The summed E-state index contributed by atoms with van der Waals surface area (Å²) >= 11 is 0. The van der Waals surface area contributed by atoms with Crippen LogP contribution in [-0.4, -0.2) is 34.5 Å². The molecule has 1 aromatic rings. The number of hydrogen-bond acceptors (Lipinski definition) is 5. The van der Waals surface area contributed by atoms with Gasteiger partial charge in [-0.25, -0.2) is 0 Å². The fourth-order valence-corrected chi connectivity index (χ4v) is 2.40. The van der Waals surface area contributed by atoms with Crippen LogP contribution in [-0.2, 0) is 21.4 Å². The molecule has 0 spiro atoms. The minimum absolute atomic E-state index is 0.0810. The lowest BCUT2D eigenvalue weighted by atomic mass is 9.96. The first-order valence-electron chi connectivity index (χ1n) is 8.26. The predicted molar refractivity (Wildman–Crippen MR) is 84.7 cm³/mol. The Morgan fingerprint density at radius 2 is 2.17 bits per heavy atom. The predicted octanol–water partition coefficient (Wildman–Crippen LogP) is 1.47. The van der Waals surface area contributed by atoms with Gasteiger partial charge in [-0.15, -0.1) is 0 Å². The van der Waals surface area contributed by atoms with Gasteiger partial charge in [0.15, 0.2) is 5.82 Å². The lowest BCUT2D eigenvalue weighted by Crippen LogP contribution is -2.45. The van der Waals surface area contributed by atoms with Gasteiger partial charge in [0.05, 0.1) is 0 Å². The number of carbonyl (C=O) groups is 2. The number of hydrogen-bond donors (Lipinski definition) is 2.